The molecule has 5 heteroatoms. The zero-order valence-corrected chi connectivity index (χ0v) is 12.7. The third-order valence-electron chi connectivity index (χ3n) is 3.62. The van der Waals surface area contributed by atoms with Gasteiger partial charge in [-0.05, 0) is 43.7 Å². The molecule has 116 valence electrons. The van der Waals surface area contributed by atoms with E-state index >= 15 is 0 Å². The molecular formula is C18H15NO4. The van der Waals surface area contributed by atoms with Crippen molar-refractivity contribution in [2.24, 2.45) is 0 Å². The fourth-order valence-electron chi connectivity index (χ4n) is 2.59. The van der Waals surface area contributed by atoms with Gasteiger partial charge < -0.3 is 14.9 Å². The van der Waals surface area contributed by atoms with Crippen molar-refractivity contribution < 1.29 is 19.7 Å². The Kier molecular flexibility index (Phi) is 3.62. The number of aromatic carboxylic acids is 1. The summed E-state index contributed by atoms with van der Waals surface area (Å²) in [6.07, 6.45) is 0. The van der Waals surface area contributed by atoms with E-state index in [0.717, 1.165) is 5.56 Å². The van der Waals surface area contributed by atoms with E-state index in [1.54, 1.807) is 26.0 Å². The number of carboxylic acid groups (broad SMARTS) is 1. The lowest BCUT2D eigenvalue weighted by Gasteiger charge is -2.13. The molecule has 1 aromatic heterocycles. The second-order valence-corrected chi connectivity index (χ2v) is 5.28. The number of ether oxygens (including phenoxy) is 1. The van der Waals surface area contributed by atoms with Gasteiger partial charge >= 0.3 is 5.97 Å². The number of aryl methyl sites for hydroxylation is 2. The minimum absolute atomic E-state index is 0.318. The van der Waals surface area contributed by atoms with E-state index < -0.39 is 5.97 Å². The first-order valence-electron chi connectivity index (χ1n) is 7.07. The van der Waals surface area contributed by atoms with Crippen LogP contribution in [0, 0.1) is 13.8 Å². The number of rotatable bonds is 3. The number of fused-ring (bicyclic) bond motifs is 1. The van der Waals surface area contributed by atoms with Crippen molar-refractivity contribution in [3.8, 4) is 17.2 Å². The Morgan fingerprint density at radius 3 is 2.43 bits per heavy atom. The topological polar surface area (TPSA) is 79.7 Å². The molecule has 2 N–H and O–H groups in total. The molecule has 0 saturated heterocycles. The first-order valence-corrected chi connectivity index (χ1v) is 7.07. The predicted octanol–water partition coefficient (Wildman–Crippen LogP) is 4.05. The van der Waals surface area contributed by atoms with Crippen LogP contribution in [0.15, 0.2) is 42.5 Å². The molecule has 0 radical (unpaired) electrons. The van der Waals surface area contributed by atoms with Crippen LogP contribution in [0.4, 0.5) is 0 Å². The van der Waals surface area contributed by atoms with Crippen LogP contribution in [-0.2, 0) is 0 Å². The molecule has 0 aliphatic rings. The second-order valence-electron chi connectivity index (χ2n) is 5.28. The molecule has 0 aliphatic heterocycles. The quantitative estimate of drug-likeness (QED) is 0.763. The molecule has 1 heterocycles. The minimum Gasteiger partial charge on any atom is -0.505 e. The summed E-state index contributed by atoms with van der Waals surface area (Å²) in [6.45, 7) is 3.50. The maximum atomic E-state index is 11.2. The highest BCUT2D eigenvalue weighted by Crippen LogP contribution is 2.36. The number of nitrogens with zero attached hydrogens (tertiary/aromatic N) is 1. The lowest BCUT2D eigenvalue weighted by atomic mass is 10.0. The second kappa shape index (κ2) is 5.61. The third kappa shape index (κ3) is 2.68. The number of hydrogen-bond acceptors (Lipinski definition) is 4. The highest BCUT2D eigenvalue weighted by molar-refractivity contribution is 6.01. The van der Waals surface area contributed by atoms with Gasteiger partial charge in [-0.3, -0.25) is 0 Å². The number of pyridine rings is 1. The summed E-state index contributed by atoms with van der Waals surface area (Å²) in [4.78, 5) is 15.2. The Labute approximate surface area is 132 Å². The van der Waals surface area contributed by atoms with E-state index in [4.69, 9.17) is 9.84 Å². The largest absolute Gasteiger partial charge is 0.505 e. The van der Waals surface area contributed by atoms with Crippen LogP contribution in [0.5, 0.6) is 17.2 Å². The van der Waals surface area contributed by atoms with Crippen molar-refractivity contribution >= 4 is 16.7 Å². The standard InChI is InChI=1S/C18H15NO4/c1-10-8-13(23-12-6-4-3-5-7-12)9-14-11(2)19-16(18(21)22)17(20)15(10)14/h3-9,20H,1-2H3,(H,21,22). The van der Waals surface area contributed by atoms with Gasteiger partial charge in [0.1, 0.15) is 11.5 Å². The molecule has 0 unspecified atom stereocenters. The number of aromatic nitrogens is 1. The Hall–Kier alpha value is -3.08. The van der Waals surface area contributed by atoms with E-state index in [-0.39, 0.29) is 11.4 Å². The zero-order valence-electron chi connectivity index (χ0n) is 12.7. The van der Waals surface area contributed by atoms with Crippen molar-refractivity contribution in [3.63, 3.8) is 0 Å². The van der Waals surface area contributed by atoms with Crippen LogP contribution < -0.4 is 4.74 Å². The molecule has 0 fully saturated rings. The fourth-order valence-corrected chi connectivity index (χ4v) is 2.59. The van der Waals surface area contributed by atoms with E-state index in [1.807, 2.05) is 30.3 Å². The molecule has 0 amide bonds. The molecule has 0 aliphatic carbocycles. The summed E-state index contributed by atoms with van der Waals surface area (Å²) >= 11 is 0. The smallest absolute Gasteiger partial charge is 0.358 e. The summed E-state index contributed by atoms with van der Waals surface area (Å²) in [5.41, 5.74) is 0.908. The molecule has 0 saturated carbocycles. The first-order chi connectivity index (χ1) is 11.0. The van der Waals surface area contributed by atoms with Gasteiger partial charge in [-0.25, -0.2) is 9.78 Å². The Morgan fingerprint density at radius 1 is 1.09 bits per heavy atom. The van der Waals surface area contributed by atoms with Gasteiger partial charge in [0.15, 0.2) is 11.4 Å². The maximum absolute atomic E-state index is 11.2. The summed E-state index contributed by atoms with van der Waals surface area (Å²) in [6, 6.07) is 12.9. The third-order valence-corrected chi connectivity index (χ3v) is 3.62. The van der Waals surface area contributed by atoms with Crippen molar-refractivity contribution in [1.29, 1.82) is 0 Å². The monoisotopic (exact) mass is 309 g/mol. The number of carbonyl (C=O) groups is 1. The number of hydrogen-bond donors (Lipinski definition) is 2. The number of carboxylic acids is 1. The van der Waals surface area contributed by atoms with Crippen LogP contribution in [0.3, 0.4) is 0 Å². The maximum Gasteiger partial charge on any atom is 0.358 e. The Balaban J connectivity index is 2.17. The highest BCUT2D eigenvalue weighted by Gasteiger charge is 2.19. The molecule has 0 bridgehead atoms. The number of benzene rings is 2. The summed E-state index contributed by atoms with van der Waals surface area (Å²) in [5.74, 6) is -0.268. The Morgan fingerprint density at radius 2 is 1.78 bits per heavy atom. The fraction of sp³-hybridized carbons (Fsp3) is 0.111. The van der Waals surface area contributed by atoms with Crippen LogP contribution in [-0.4, -0.2) is 21.2 Å². The van der Waals surface area contributed by atoms with Gasteiger partial charge in [-0.1, -0.05) is 18.2 Å². The zero-order chi connectivity index (χ0) is 16.6. The molecule has 5 nitrogen and oxygen atoms in total. The summed E-state index contributed by atoms with van der Waals surface area (Å²) in [7, 11) is 0. The average molecular weight is 309 g/mol. The molecule has 2 aromatic carbocycles. The van der Waals surface area contributed by atoms with Gasteiger partial charge in [-0.15, -0.1) is 0 Å². The van der Waals surface area contributed by atoms with Crippen LogP contribution in [0.2, 0.25) is 0 Å². The lowest BCUT2D eigenvalue weighted by Crippen LogP contribution is -2.03. The van der Waals surface area contributed by atoms with Gasteiger partial charge in [0.2, 0.25) is 0 Å². The molecule has 0 atom stereocenters. The van der Waals surface area contributed by atoms with Crippen molar-refractivity contribution in [2.75, 3.05) is 0 Å². The van der Waals surface area contributed by atoms with Crippen molar-refractivity contribution in [2.45, 2.75) is 13.8 Å². The summed E-state index contributed by atoms with van der Waals surface area (Å²) < 4.78 is 5.81. The van der Waals surface area contributed by atoms with Crippen LogP contribution in [0.1, 0.15) is 21.7 Å². The van der Waals surface area contributed by atoms with Crippen molar-refractivity contribution in [1.82, 2.24) is 4.98 Å². The van der Waals surface area contributed by atoms with Gasteiger partial charge in [0.25, 0.3) is 0 Å². The molecule has 3 aromatic rings. The van der Waals surface area contributed by atoms with Crippen molar-refractivity contribution in [3.05, 3.63) is 59.4 Å². The molecular weight excluding hydrogens is 294 g/mol. The molecule has 3 rings (SSSR count). The summed E-state index contributed by atoms with van der Waals surface area (Å²) in [5, 5.41) is 20.5. The Bertz CT molecular complexity index is 904. The lowest BCUT2D eigenvalue weighted by molar-refractivity contribution is 0.0687. The van der Waals surface area contributed by atoms with Crippen LogP contribution in [0.25, 0.3) is 10.8 Å². The van der Waals surface area contributed by atoms with E-state index in [2.05, 4.69) is 4.98 Å². The normalized spacial score (nSPS) is 10.7. The van der Waals surface area contributed by atoms with Gasteiger partial charge in [-0.2, -0.15) is 0 Å². The van der Waals surface area contributed by atoms with E-state index in [1.165, 1.54) is 0 Å². The average Bonchev–Trinajstić information content (AvgIpc) is 2.51. The highest BCUT2D eigenvalue weighted by atomic mass is 16.5. The van der Waals surface area contributed by atoms with E-state index in [9.17, 15) is 9.90 Å². The van der Waals surface area contributed by atoms with E-state index in [0.29, 0.717) is 28.0 Å². The first kappa shape index (κ1) is 14.8. The SMILES string of the molecule is Cc1nc(C(=O)O)c(O)c2c(C)cc(Oc3ccccc3)cc12. The predicted molar refractivity (Wildman–Crippen MR) is 86.4 cm³/mol. The van der Waals surface area contributed by atoms with Crippen LogP contribution >= 0.6 is 0 Å². The molecule has 0 spiro atoms. The number of aromatic hydroxyl groups is 1. The molecule has 23 heavy (non-hydrogen) atoms. The number of para-hydroxylation sites is 1. The van der Waals surface area contributed by atoms with Gasteiger partial charge in [0.05, 0.1) is 0 Å². The minimum atomic E-state index is -1.25. The van der Waals surface area contributed by atoms with Gasteiger partial charge in [0, 0.05) is 16.5 Å².